The van der Waals surface area contributed by atoms with Gasteiger partial charge in [-0.1, -0.05) is 0 Å². The molecule has 4 heavy (non-hydrogen) atoms. The van der Waals surface area contributed by atoms with Gasteiger partial charge in [0.1, 0.15) is 0 Å². The average molecular weight is 141 g/mol. The second-order valence-corrected chi connectivity index (χ2v) is 0. The normalized spacial score (nSPS) is 0. The second-order valence-electron chi connectivity index (χ2n) is 0. The topological polar surface area (TPSA) is 0 Å². The van der Waals surface area contributed by atoms with E-state index in [1.54, 1.807) is 0 Å². The van der Waals surface area contributed by atoms with Gasteiger partial charge in [-0.15, -0.1) is 0 Å². The molecular weight excluding hydrogens is 133 g/mol. The van der Waals surface area contributed by atoms with Crippen molar-refractivity contribution in [2.24, 2.45) is 0 Å². The van der Waals surface area contributed by atoms with E-state index < -0.39 is 0 Å². The van der Waals surface area contributed by atoms with Gasteiger partial charge in [-0.2, -0.15) is 0 Å². The Bertz CT molecular complexity index is 11.5. The van der Waals surface area contributed by atoms with Gasteiger partial charge >= 0.3 is 23.1 Å². The summed E-state index contributed by atoms with van der Waals surface area (Å²) in [6.07, 6.45) is 0. The molecule has 0 saturated heterocycles. The van der Waals surface area contributed by atoms with Crippen molar-refractivity contribution in [2.45, 2.75) is 0 Å². The molecule has 0 atom stereocenters. The summed E-state index contributed by atoms with van der Waals surface area (Å²) in [7, 11) is 0. The number of hydrogen-bond donors (Lipinski definition) is 0. The fourth-order valence-corrected chi connectivity index (χ4v) is 0. The Hall–Kier alpha value is 2.35. The first kappa shape index (κ1) is 32.9. The van der Waals surface area contributed by atoms with Gasteiger partial charge in [0, 0.05) is 17.1 Å². The van der Waals surface area contributed by atoms with Crippen molar-refractivity contribution < 1.29 is 19.9 Å². The van der Waals surface area contributed by atoms with Gasteiger partial charge in [-0.05, 0) is 0 Å². The summed E-state index contributed by atoms with van der Waals surface area (Å²) >= 11 is 0. The van der Waals surface area contributed by atoms with Crippen LogP contribution in [-0.4, -0.2) is 57.8 Å². The van der Waals surface area contributed by atoms with Gasteiger partial charge < -0.3 is 2.85 Å². The standard InChI is InChI=1S/2Al.Mg.Mn.8H/q;;+2;;;;;;;;2*-1. The number of rotatable bonds is 0. The Morgan fingerprint density at radius 2 is 1.00 bits per heavy atom. The zero-order valence-electron chi connectivity index (χ0n) is 3.09. The van der Waals surface area contributed by atoms with Gasteiger partial charge in [0.2, 0.25) is 0 Å². The molecule has 0 aromatic heterocycles. The summed E-state index contributed by atoms with van der Waals surface area (Å²) in [5.74, 6) is 0. The molecule has 0 heterocycles. The minimum absolute atomic E-state index is 0. The molecule has 0 aromatic rings. The van der Waals surface area contributed by atoms with Crippen LogP contribution in [0.4, 0.5) is 0 Å². The first-order valence-corrected chi connectivity index (χ1v) is 0. The maximum Gasteiger partial charge on any atom is 2.00 e. The summed E-state index contributed by atoms with van der Waals surface area (Å²) in [6, 6.07) is 0. The zero-order chi connectivity index (χ0) is 0. The van der Waals surface area contributed by atoms with E-state index in [0.29, 0.717) is 0 Å². The van der Waals surface area contributed by atoms with Crippen molar-refractivity contribution in [1.29, 1.82) is 0 Å². The molecule has 0 rings (SSSR count). The van der Waals surface area contributed by atoms with E-state index in [-0.39, 0.29) is 77.7 Å². The van der Waals surface area contributed by atoms with Crippen LogP contribution in [0.1, 0.15) is 2.85 Å². The molecule has 0 N–H and O–H groups in total. The van der Waals surface area contributed by atoms with Crippen molar-refractivity contribution in [3.05, 3.63) is 0 Å². The summed E-state index contributed by atoms with van der Waals surface area (Å²) in [6.45, 7) is 0. The Balaban J connectivity index is 0. The van der Waals surface area contributed by atoms with E-state index in [2.05, 4.69) is 0 Å². The van der Waals surface area contributed by atoms with Crippen molar-refractivity contribution in [1.82, 2.24) is 0 Å². The molecule has 0 spiro atoms. The Labute approximate surface area is 77.0 Å². The molecule has 0 aliphatic carbocycles. The van der Waals surface area contributed by atoms with E-state index in [4.69, 9.17) is 0 Å². The summed E-state index contributed by atoms with van der Waals surface area (Å²) in [5, 5.41) is 0. The molecule has 23 valence electrons. The van der Waals surface area contributed by atoms with Crippen LogP contribution in [0.5, 0.6) is 0 Å². The molecule has 0 unspecified atom stereocenters. The van der Waals surface area contributed by atoms with Crippen LogP contribution in [0.15, 0.2) is 0 Å². The van der Waals surface area contributed by atoms with E-state index in [0.717, 1.165) is 0 Å². The van der Waals surface area contributed by atoms with Crippen molar-refractivity contribution in [2.75, 3.05) is 0 Å². The third-order valence-electron chi connectivity index (χ3n) is 0. The van der Waals surface area contributed by atoms with Gasteiger partial charge in [-0.25, -0.2) is 0 Å². The molecule has 0 nitrogen and oxygen atoms in total. The molecule has 1 radical (unpaired) electrons. The smallest absolute Gasteiger partial charge is 1.00 e. The first-order valence-electron chi connectivity index (χ1n) is 0. The third-order valence-corrected chi connectivity index (χ3v) is 0. The minimum Gasteiger partial charge on any atom is -1.00 e. The molecule has 0 bridgehead atoms. The fourth-order valence-electron chi connectivity index (χ4n) is 0. The molecule has 0 amide bonds. The summed E-state index contributed by atoms with van der Waals surface area (Å²) in [5.41, 5.74) is 0. The SMILES string of the molecule is [AlH3].[AlH3].[H-].[H-].[Mg+2].[Mn]. The molecule has 0 aliphatic heterocycles. The monoisotopic (exact) mass is 141 g/mol. The van der Waals surface area contributed by atoms with Crippen molar-refractivity contribution in [3.63, 3.8) is 0 Å². The average Bonchev–Trinajstić information content (AvgIpc) is 0. The molecule has 4 heteroatoms. The van der Waals surface area contributed by atoms with Crippen LogP contribution in [0, 0.1) is 0 Å². The molecular formula is H8Al2MgMn. The van der Waals surface area contributed by atoms with Gasteiger partial charge in [0.25, 0.3) is 0 Å². The second kappa shape index (κ2) is 18.3. The van der Waals surface area contributed by atoms with E-state index in [9.17, 15) is 0 Å². The fraction of sp³-hybridized carbons (Fsp3) is 0. The van der Waals surface area contributed by atoms with Gasteiger partial charge in [-0.3, -0.25) is 0 Å². The van der Waals surface area contributed by atoms with E-state index >= 15 is 0 Å². The van der Waals surface area contributed by atoms with Crippen LogP contribution in [-0.2, 0) is 17.1 Å². The third kappa shape index (κ3) is 8.84. The Morgan fingerprint density at radius 3 is 1.00 bits per heavy atom. The van der Waals surface area contributed by atoms with Crippen molar-refractivity contribution in [3.8, 4) is 0 Å². The van der Waals surface area contributed by atoms with Crippen LogP contribution in [0.3, 0.4) is 0 Å². The Morgan fingerprint density at radius 1 is 1.00 bits per heavy atom. The maximum absolute atomic E-state index is 0. The predicted octanol–water partition coefficient (Wildman–Crippen LogP) is -2.53. The van der Waals surface area contributed by atoms with Crippen LogP contribution >= 0.6 is 0 Å². The minimum atomic E-state index is 0. The summed E-state index contributed by atoms with van der Waals surface area (Å²) in [4.78, 5) is 0. The van der Waals surface area contributed by atoms with Gasteiger partial charge in [0.15, 0.2) is 34.7 Å². The molecule has 0 aliphatic rings. The van der Waals surface area contributed by atoms with Crippen LogP contribution in [0.2, 0.25) is 0 Å². The Kier molecular flexibility index (Phi) is 151. The zero-order valence-corrected chi connectivity index (χ0v) is 3.68. The quantitative estimate of drug-likeness (QED) is 0.327. The first-order chi connectivity index (χ1) is 0. The number of hydrogen-bond acceptors (Lipinski definition) is 0. The van der Waals surface area contributed by atoms with Crippen molar-refractivity contribution >= 4 is 57.8 Å². The van der Waals surface area contributed by atoms with Crippen LogP contribution < -0.4 is 0 Å². The molecule has 0 aromatic carbocycles. The van der Waals surface area contributed by atoms with E-state index in [1.165, 1.54) is 0 Å². The summed E-state index contributed by atoms with van der Waals surface area (Å²) < 4.78 is 0. The largest absolute Gasteiger partial charge is 2.00 e. The van der Waals surface area contributed by atoms with Crippen LogP contribution in [0.25, 0.3) is 0 Å². The van der Waals surface area contributed by atoms with Gasteiger partial charge in [0.05, 0.1) is 0 Å². The molecule has 0 saturated carbocycles. The maximum atomic E-state index is 0. The molecule has 0 fully saturated rings. The predicted molar refractivity (Wildman–Crippen MR) is 27.9 cm³/mol. The van der Waals surface area contributed by atoms with E-state index in [1.807, 2.05) is 0 Å².